The topological polar surface area (TPSA) is 133 Å². The third-order valence-electron chi connectivity index (χ3n) is 4.43. The first-order chi connectivity index (χ1) is 14.2. The normalized spacial score (nSPS) is 13.5. The van der Waals surface area contributed by atoms with Gasteiger partial charge in [0.15, 0.2) is 11.6 Å². The molecule has 0 aliphatic heterocycles. The standard InChI is InChI=1S/C21H25FN4O4/c1-11(23)19(17(10-27)25-3)13-7-18(20(24)26-9-13)30-12(2)16-8-14(22)5-6-15(16)21(28)29-4/h5-9,12,27H,10,23H2,1-4H3,(H2,24,26)/b19-11-,25-17?. The fraction of sp³-hybridized carbons (Fsp3) is 0.286. The van der Waals surface area contributed by atoms with E-state index in [1.807, 2.05) is 0 Å². The first-order valence-corrected chi connectivity index (χ1v) is 9.07. The van der Waals surface area contributed by atoms with Crippen LogP contribution in [0.25, 0.3) is 5.57 Å². The zero-order valence-corrected chi connectivity index (χ0v) is 17.3. The van der Waals surface area contributed by atoms with Crippen molar-refractivity contribution in [3.8, 4) is 5.75 Å². The van der Waals surface area contributed by atoms with Gasteiger partial charge in [0.25, 0.3) is 0 Å². The fourth-order valence-electron chi connectivity index (χ4n) is 2.99. The Bertz CT molecular complexity index is 1000. The number of pyridine rings is 1. The van der Waals surface area contributed by atoms with Crippen LogP contribution in [-0.4, -0.2) is 42.5 Å². The SMILES string of the molecule is CN=C(CO)/C(=C(/C)N)c1cnc(N)c(OC(C)c2cc(F)ccc2C(=O)OC)c1. The number of anilines is 1. The number of carbonyl (C=O) groups is 1. The van der Waals surface area contributed by atoms with E-state index in [9.17, 15) is 14.3 Å². The summed E-state index contributed by atoms with van der Waals surface area (Å²) in [7, 11) is 2.78. The van der Waals surface area contributed by atoms with Crippen LogP contribution >= 0.6 is 0 Å². The second kappa shape index (κ2) is 9.84. The summed E-state index contributed by atoms with van der Waals surface area (Å²) in [5.41, 5.74) is 14.2. The monoisotopic (exact) mass is 416 g/mol. The third kappa shape index (κ3) is 4.93. The molecule has 0 aliphatic rings. The zero-order chi connectivity index (χ0) is 22.4. The number of nitrogens with zero attached hydrogens (tertiary/aromatic N) is 2. The summed E-state index contributed by atoms with van der Waals surface area (Å²) >= 11 is 0. The van der Waals surface area contributed by atoms with Crippen LogP contribution in [0.1, 0.15) is 41.4 Å². The number of benzene rings is 1. The quantitative estimate of drug-likeness (QED) is 0.466. The Morgan fingerprint density at radius 3 is 2.63 bits per heavy atom. The Labute approximate surface area is 174 Å². The molecule has 0 spiro atoms. The van der Waals surface area contributed by atoms with Crippen molar-refractivity contribution in [2.45, 2.75) is 20.0 Å². The molecule has 1 aromatic carbocycles. The molecule has 30 heavy (non-hydrogen) atoms. The van der Waals surface area contributed by atoms with Crippen LogP contribution < -0.4 is 16.2 Å². The molecule has 0 radical (unpaired) electrons. The number of aliphatic imine (C=N–C) groups is 1. The van der Waals surface area contributed by atoms with Crippen LogP contribution in [0.3, 0.4) is 0 Å². The molecule has 0 aliphatic carbocycles. The molecule has 2 rings (SSSR count). The van der Waals surface area contributed by atoms with Crippen molar-refractivity contribution >= 4 is 23.1 Å². The van der Waals surface area contributed by atoms with E-state index in [1.54, 1.807) is 19.9 Å². The summed E-state index contributed by atoms with van der Waals surface area (Å²) in [6.45, 7) is 3.00. The highest BCUT2D eigenvalue weighted by atomic mass is 19.1. The van der Waals surface area contributed by atoms with E-state index in [0.717, 1.165) is 0 Å². The lowest BCUT2D eigenvalue weighted by molar-refractivity contribution is 0.0595. The highest BCUT2D eigenvalue weighted by Crippen LogP contribution is 2.31. The second-order valence-corrected chi connectivity index (χ2v) is 6.48. The van der Waals surface area contributed by atoms with E-state index in [-0.39, 0.29) is 23.7 Å². The van der Waals surface area contributed by atoms with Crippen molar-refractivity contribution in [2.24, 2.45) is 10.7 Å². The molecule has 0 saturated heterocycles. The Morgan fingerprint density at radius 1 is 1.37 bits per heavy atom. The molecule has 2 aromatic rings. The van der Waals surface area contributed by atoms with Gasteiger partial charge in [0.05, 0.1) is 25.0 Å². The van der Waals surface area contributed by atoms with Gasteiger partial charge in [0, 0.05) is 35.6 Å². The van der Waals surface area contributed by atoms with Gasteiger partial charge < -0.3 is 26.0 Å². The molecule has 160 valence electrons. The number of halogens is 1. The number of allylic oxidation sites excluding steroid dienone is 1. The molecule has 0 amide bonds. The van der Waals surface area contributed by atoms with Crippen molar-refractivity contribution < 1.29 is 23.8 Å². The number of esters is 1. The van der Waals surface area contributed by atoms with Gasteiger partial charge in [-0.15, -0.1) is 0 Å². The van der Waals surface area contributed by atoms with Gasteiger partial charge in [-0.05, 0) is 38.1 Å². The first kappa shape index (κ1) is 22.8. The maximum atomic E-state index is 13.8. The molecule has 0 saturated carbocycles. The number of hydrogen-bond acceptors (Lipinski definition) is 8. The Hall–Kier alpha value is -3.46. The maximum absolute atomic E-state index is 13.8. The number of aliphatic hydroxyl groups excluding tert-OH is 1. The molecular formula is C21H25FN4O4. The highest BCUT2D eigenvalue weighted by Gasteiger charge is 2.21. The highest BCUT2D eigenvalue weighted by molar-refractivity contribution is 6.25. The summed E-state index contributed by atoms with van der Waals surface area (Å²) in [5, 5.41) is 9.58. The molecular weight excluding hydrogens is 391 g/mol. The number of methoxy groups -OCH3 is 1. The maximum Gasteiger partial charge on any atom is 0.338 e. The van der Waals surface area contributed by atoms with Crippen LogP contribution in [0.4, 0.5) is 10.2 Å². The van der Waals surface area contributed by atoms with Gasteiger partial charge in [-0.3, -0.25) is 4.99 Å². The number of aliphatic hydroxyl groups is 1. The summed E-state index contributed by atoms with van der Waals surface area (Å²) < 4.78 is 24.5. The van der Waals surface area contributed by atoms with E-state index >= 15 is 0 Å². The molecule has 0 bridgehead atoms. The summed E-state index contributed by atoms with van der Waals surface area (Å²) in [5.74, 6) is -0.846. The van der Waals surface area contributed by atoms with Crippen molar-refractivity contribution in [3.63, 3.8) is 0 Å². The van der Waals surface area contributed by atoms with Crippen LogP contribution in [0.2, 0.25) is 0 Å². The minimum atomic E-state index is -0.752. The van der Waals surface area contributed by atoms with Crippen LogP contribution in [0, 0.1) is 5.82 Å². The van der Waals surface area contributed by atoms with E-state index in [1.165, 1.54) is 38.6 Å². The molecule has 0 fully saturated rings. The number of rotatable bonds is 7. The predicted molar refractivity (Wildman–Crippen MR) is 113 cm³/mol. The third-order valence-corrected chi connectivity index (χ3v) is 4.43. The molecule has 5 N–H and O–H groups in total. The van der Waals surface area contributed by atoms with Crippen molar-refractivity contribution in [3.05, 3.63) is 58.7 Å². The van der Waals surface area contributed by atoms with E-state index in [2.05, 4.69) is 9.98 Å². The molecule has 1 atom stereocenters. The van der Waals surface area contributed by atoms with Gasteiger partial charge in [0.1, 0.15) is 11.9 Å². The Kier molecular flexibility index (Phi) is 7.48. The van der Waals surface area contributed by atoms with Crippen LogP contribution in [0.5, 0.6) is 5.75 Å². The van der Waals surface area contributed by atoms with Crippen molar-refractivity contribution in [2.75, 3.05) is 26.5 Å². The molecule has 1 unspecified atom stereocenters. The molecule has 8 nitrogen and oxygen atoms in total. The van der Waals surface area contributed by atoms with Crippen molar-refractivity contribution in [1.29, 1.82) is 0 Å². The molecule has 1 aromatic heterocycles. The number of aromatic nitrogens is 1. The lowest BCUT2D eigenvalue weighted by Gasteiger charge is -2.20. The number of carbonyl (C=O) groups excluding carboxylic acids is 1. The number of nitrogens with two attached hydrogens (primary N) is 2. The molecule has 1 heterocycles. The van der Waals surface area contributed by atoms with Gasteiger partial charge in [0.2, 0.25) is 0 Å². The largest absolute Gasteiger partial charge is 0.482 e. The van der Waals surface area contributed by atoms with E-state index in [4.69, 9.17) is 20.9 Å². The Morgan fingerprint density at radius 2 is 2.07 bits per heavy atom. The van der Waals surface area contributed by atoms with Gasteiger partial charge in [-0.2, -0.15) is 0 Å². The number of hydrogen-bond donors (Lipinski definition) is 3. The average Bonchev–Trinajstić information content (AvgIpc) is 2.72. The average molecular weight is 416 g/mol. The van der Waals surface area contributed by atoms with Gasteiger partial charge >= 0.3 is 5.97 Å². The fourth-order valence-corrected chi connectivity index (χ4v) is 2.99. The lowest BCUT2D eigenvalue weighted by atomic mass is 10.0. The zero-order valence-electron chi connectivity index (χ0n) is 17.3. The van der Waals surface area contributed by atoms with Crippen LogP contribution in [0.15, 0.2) is 41.2 Å². The van der Waals surface area contributed by atoms with E-state index < -0.39 is 17.9 Å². The summed E-state index contributed by atoms with van der Waals surface area (Å²) in [6, 6.07) is 5.30. The number of ether oxygens (including phenoxy) is 2. The Balaban J connectivity index is 2.48. The van der Waals surface area contributed by atoms with Crippen molar-refractivity contribution in [1.82, 2.24) is 4.98 Å². The van der Waals surface area contributed by atoms with E-state index in [0.29, 0.717) is 28.1 Å². The van der Waals surface area contributed by atoms with Gasteiger partial charge in [-0.25, -0.2) is 14.2 Å². The lowest BCUT2D eigenvalue weighted by Crippen LogP contribution is -2.15. The summed E-state index contributed by atoms with van der Waals surface area (Å²) in [4.78, 5) is 20.2. The second-order valence-electron chi connectivity index (χ2n) is 6.48. The minimum absolute atomic E-state index is 0.0923. The van der Waals surface area contributed by atoms with Gasteiger partial charge in [-0.1, -0.05) is 0 Å². The number of nitrogen functional groups attached to an aromatic ring is 1. The predicted octanol–water partition coefficient (Wildman–Crippen LogP) is 2.48. The first-order valence-electron chi connectivity index (χ1n) is 9.07. The molecule has 9 heteroatoms. The summed E-state index contributed by atoms with van der Waals surface area (Å²) in [6.07, 6.45) is 0.735. The smallest absolute Gasteiger partial charge is 0.338 e. The van der Waals surface area contributed by atoms with Crippen LogP contribution in [-0.2, 0) is 4.74 Å². The minimum Gasteiger partial charge on any atom is -0.482 e.